The molecule has 7 heteroatoms. The topological polar surface area (TPSA) is 127 Å². The molecule has 0 aliphatic carbocycles. The van der Waals surface area contributed by atoms with Crippen LogP contribution in [0.2, 0.25) is 0 Å². The molecule has 0 saturated carbocycles. The summed E-state index contributed by atoms with van der Waals surface area (Å²) < 4.78 is 4.87. The quantitative estimate of drug-likeness (QED) is 0.243. The second kappa shape index (κ2) is 15.3. The highest BCUT2D eigenvalue weighted by molar-refractivity contribution is 5.87. The monoisotopic (exact) mass is 418 g/mol. The maximum atomic E-state index is 12.2. The number of carbonyl (C=O) groups is 1. The lowest BCUT2D eigenvalue weighted by molar-refractivity contribution is -0.276. The van der Waals surface area contributed by atoms with Gasteiger partial charge in [0, 0.05) is 0 Å². The van der Waals surface area contributed by atoms with E-state index in [1.165, 1.54) is 57.8 Å². The van der Waals surface area contributed by atoms with E-state index in [0.29, 0.717) is 6.42 Å². The van der Waals surface area contributed by atoms with Gasteiger partial charge in [0.1, 0.15) is 24.4 Å². The standard InChI is InChI=1S/C22H42O7/c1-2-3-4-5-6-7-8-9-10-11-12-13-14-15-16(23)17(24)21-19(26)18(25)20(27)22(28)29-21/h16,18-23,25-28H,2-15H2,1H3/t16?,18-,19+,20+,21+,22-/m0/s1. The molecule has 0 spiro atoms. The molecule has 1 unspecified atom stereocenters. The van der Waals surface area contributed by atoms with Crippen LogP contribution in [0.15, 0.2) is 0 Å². The normalized spacial score (nSPS) is 28.4. The minimum atomic E-state index is -1.77. The van der Waals surface area contributed by atoms with E-state index < -0.39 is 42.6 Å². The summed E-state index contributed by atoms with van der Waals surface area (Å²) in [6, 6.07) is 0. The largest absolute Gasteiger partial charge is 0.387 e. The minimum absolute atomic E-state index is 0.248. The van der Waals surface area contributed by atoms with Gasteiger partial charge < -0.3 is 30.3 Å². The number of carbonyl (C=O) groups excluding carboxylic acids is 1. The maximum absolute atomic E-state index is 12.2. The summed E-state index contributed by atoms with van der Waals surface area (Å²) in [6.45, 7) is 2.23. The summed E-state index contributed by atoms with van der Waals surface area (Å²) in [5.74, 6) is -0.776. The van der Waals surface area contributed by atoms with Crippen LogP contribution in [-0.4, -0.2) is 68.1 Å². The van der Waals surface area contributed by atoms with Gasteiger partial charge in [0.05, 0.1) is 0 Å². The molecule has 0 aromatic carbocycles. The predicted octanol–water partition coefficient (Wildman–Crippen LogP) is 2.20. The van der Waals surface area contributed by atoms with E-state index in [1.807, 2.05) is 0 Å². The number of unbranched alkanes of at least 4 members (excludes halogenated alkanes) is 12. The summed E-state index contributed by atoms with van der Waals surface area (Å²) in [4.78, 5) is 12.2. The van der Waals surface area contributed by atoms with Crippen molar-refractivity contribution in [3.8, 4) is 0 Å². The van der Waals surface area contributed by atoms with Crippen molar-refractivity contribution < 1.29 is 35.1 Å². The summed E-state index contributed by atoms with van der Waals surface area (Å²) in [5.41, 5.74) is 0. The second-order valence-electron chi connectivity index (χ2n) is 8.37. The first-order valence-electron chi connectivity index (χ1n) is 11.5. The molecule has 6 atom stereocenters. The van der Waals surface area contributed by atoms with Crippen LogP contribution in [0.5, 0.6) is 0 Å². The summed E-state index contributed by atoms with van der Waals surface area (Å²) in [5, 5.41) is 48.5. The van der Waals surface area contributed by atoms with Crippen LogP contribution in [-0.2, 0) is 9.53 Å². The van der Waals surface area contributed by atoms with Gasteiger partial charge in [-0.05, 0) is 6.42 Å². The zero-order chi connectivity index (χ0) is 21.6. The first-order chi connectivity index (χ1) is 13.9. The average molecular weight is 419 g/mol. The smallest absolute Gasteiger partial charge is 0.192 e. The van der Waals surface area contributed by atoms with Crippen molar-refractivity contribution in [2.75, 3.05) is 0 Å². The molecule has 0 amide bonds. The van der Waals surface area contributed by atoms with Crippen LogP contribution in [0.4, 0.5) is 0 Å². The van der Waals surface area contributed by atoms with Crippen molar-refractivity contribution in [2.24, 2.45) is 0 Å². The van der Waals surface area contributed by atoms with Crippen molar-refractivity contribution in [2.45, 2.75) is 134 Å². The summed E-state index contributed by atoms with van der Waals surface area (Å²) in [7, 11) is 0. The molecular formula is C22H42O7. The zero-order valence-corrected chi connectivity index (χ0v) is 17.9. The Bertz CT molecular complexity index is 431. The third kappa shape index (κ3) is 9.85. The highest BCUT2D eigenvalue weighted by Crippen LogP contribution is 2.22. The number of aliphatic hydroxyl groups is 5. The van der Waals surface area contributed by atoms with Crippen molar-refractivity contribution in [3.63, 3.8) is 0 Å². The molecular weight excluding hydrogens is 376 g/mol. The number of ether oxygens (including phenoxy) is 1. The fraction of sp³-hybridized carbons (Fsp3) is 0.955. The van der Waals surface area contributed by atoms with Crippen molar-refractivity contribution in [1.82, 2.24) is 0 Å². The van der Waals surface area contributed by atoms with E-state index in [9.17, 15) is 30.3 Å². The molecule has 0 aromatic heterocycles. The van der Waals surface area contributed by atoms with Crippen molar-refractivity contribution in [3.05, 3.63) is 0 Å². The lowest BCUT2D eigenvalue weighted by Crippen LogP contribution is -2.61. The molecule has 1 aliphatic rings. The SMILES string of the molecule is CCCCCCCCCCCCCCCC(O)C(=O)[C@H]1O[C@H](O)[C@H](O)[C@@H](O)[C@H]1O. The number of ketones is 1. The molecule has 172 valence electrons. The molecule has 1 aliphatic heterocycles. The van der Waals surface area contributed by atoms with Gasteiger partial charge in [-0.15, -0.1) is 0 Å². The van der Waals surface area contributed by atoms with E-state index in [2.05, 4.69) is 6.92 Å². The van der Waals surface area contributed by atoms with Gasteiger partial charge in [0.25, 0.3) is 0 Å². The van der Waals surface area contributed by atoms with E-state index in [-0.39, 0.29) is 6.42 Å². The van der Waals surface area contributed by atoms with E-state index >= 15 is 0 Å². The lowest BCUT2D eigenvalue weighted by atomic mass is 9.92. The maximum Gasteiger partial charge on any atom is 0.192 e. The number of aliphatic hydroxyl groups excluding tert-OH is 5. The summed E-state index contributed by atoms with van der Waals surface area (Å²) >= 11 is 0. The Morgan fingerprint density at radius 2 is 1.17 bits per heavy atom. The molecule has 7 nitrogen and oxygen atoms in total. The fourth-order valence-corrected chi connectivity index (χ4v) is 3.78. The molecule has 29 heavy (non-hydrogen) atoms. The Hall–Kier alpha value is -0.570. The van der Waals surface area contributed by atoms with Crippen molar-refractivity contribution >= 4 is 5.78 Å². The van der Waals surface area contributed by atoms with Gasteiger partial charge in [0.2, 0.25) is 0 Å². The van der Waals surface area contributed by atoms with Gasteiger partial charge in [-0.1, -0.05) is 90.4 Å². The van der Waals surface area contributed by atoms with E-state index in [1.54, 1.807) is 0 Å². The Morgan fingerprint density at radius 1 is 0.724 bits per heavy atom. The Morgan fingerprint density at radius 3 is 1.66 bits per heavy atom. The molecule has 1 fully saturated rings. The Labute approximate surface area is 175 Å². The van der Waals surface area contributed by atoms with Crippen LogP contribution >= 0.6 is 0 Å². The Balaban J connectivity index is 2.05. The molecule has 0 radical (unpaired) electrons. The van der Waals surface area contributed by atoms with Crippen LogP contribution in [0.1, 0.15) is 96.8 Å². The molecule has 1 saturated heterocycles. The van der Waals surface area contributed by atoms with E-state index in [4.69, 9.17) is 4.74 Å². The van der Waals surface area contributed by atoms with Crippen LogP contribution in [0.25, 0.3) is 0 Å². The van der Waals surface area contributed by atoms with Crippen LogP contribution < -0.4 is 0 Å². The Kier molecular flexibility index (Phi) is 13.9. The second-order valence-corrected chi connectivity index (χ2v) is 8.37. The number of hydrogen-bond acceptors (Lipinski definition) is 7. The first-order valence-corrected chi connectivity index (χ1v) is 11.5. The van der Waals surface area contributed by atoms with Crippen molar-refractivity contribution in [1.29, 1.82) is 0 Å². The molecule has 1 heterocycles. The van der Waals surface area contributed by atoms with Gasteiger partial charge in [-0.3, -0.25) is 4.79 Å². The third-order valence-electron chi connectivity index (χ3n) is 5.78. The molecule has 0 bridgehead atoms. The van der Waals surface area contributed by atoms with Gasteiger partial charge in [-0.2, -0.15) is 0 Å². The molecule has 5 N–H and O–H groups in total. The van der Waals surface area contributed by atoms with Gasteiger partial charge >= 0.3 is 0 Å². The predicted molar refractivity (Wildman–Crippen MR) is 110 cm³/mol. The summed E-state index contributed by atoms with van der Waals surface area (Å²) in [6.07, 6.45) is 6.17. The van der Waals surface area contributed by atoms with E-state index in [0.717, 1.165) is 19.3 Å². The fourth-order valence-electron chi connectivity index (χ4n) is 3.78. The first kappa shape index (κ1) is 26.5. The zero-order valence-electron chi connectivity index (χ0n) is 17.9. The van der Waals surface area contributed by atoms with Gasteiger partial charge in [-0.25, -0.2) is 0 Å². The number of Topliss-reactive ketones (excluding diaryl/α,β-unsaturated/α-hetero) is 1. The highest BCUT2D eigenvalue weighted by Gasteiger charge is 2.47. The third-order valence-corrected chi connectivity index (χ3v) is 5.78. The molecule has 0 aromatic rings. The number of hydrogen-bond donors (Lipinski definition) is 5. The van der Waals surface area contributed by atoms with Gasteiger partial charge in [0.15, 0.2) is 18.2 Å². The minimum Gasteiger partial charge on any atom is -0.387 e. The highest BCUT2D eigenvalue weighted by atomic mass is 16.6. The van der Waals surface area contributed by atoms with Crippen LogP contribution in [0.3, 0.4) is 0 Å². The lowest BCUT2D eigenvalue weighted by Gasteiger charge is -2.38. The molecule has 1 rings (SSSR count). The number of rotatable bonds is 16. The average Bonchev–Trinajstić information content (AvgIpc) is 2.71. The van der Waals surface area contributed by atoms with Crippen LogP contribution in [0, 0.1) is 0 Å².